The van der Waals surface area contributed by atoms with Gasteiger partial charge in [0.15, 0.2) is 18.1 Å². The Kier molecular flexibility index (Phi) is 8.29. The van der Waals surface area contributed by atoms with E-state index in [0.29, 0.717) is 45.4 Å². The highest BCUT2D eigenvalue weighted by Crippen LogP contribution is 2.29. The molecule has 0 atom stereocenters. The van der Waals surface area contributed by atoms with Crippen LogP contribution in [0, 0.1) is 0 Å². The third-order valence-corrected chi connectivity index (χ3v) is 5.17. The molecule has 0 aliphatic heterocycles. The van der Waals surface area contributed by atoms with E-state index >= 15 is 0 Å². The molecule has 1 amide bonds. The summed E-state index contributed by atoms with van der Waals surface area (Å²) in [7, 11) is 0. The second kappa shape index (κ2) is 11.1. The Bertz CT molecular complexity index is 1060. The topological polar surface area (TPSA) is 59.6 Å². The van der Waals surface area contributed by atoms with Crippen molar-refractivity contribution in [1.29, 1.82) is 0 Å². The van der Waals surface area contributed by atoms with E-state index in [1.807, 2.05) is 43.3 Å². The van der Waals surface area contributed by atoms with Gasteiger partial charge in [0.05, 0.1) is 16.7 Å². The summed E-state index contributed by atoms with van der Waals surface area (Å²) in [5.74, 6) is 0.723. The van der Waals surface area contributed by atoms with Crippen LogP contribution in [0.25, 0.3) is 0 Å². The van der Waals surface area contributed by atoms with Crippen LogP contribution in [0.1, 0.15) is 12.5 Å². The number of halogens is 3. The first-order chi connectivity index (χ1) is 14.9. The van der Waals surface area contributed by atoms with Gasteiger partial charge in [0.2, 0.25) is 0 Å². The zero-order chi connectivity index (χ0) is 22.2. The standard InChI is InChI=1S/C23H21Cl3N2O3/c1-2-30-22-10-15(13-27-17-5-3-4-16(24)11-17)6-9-21(22)31-14-23(29)28-18-7-8-19(25)20(26)12-18/h3-12,27H,2,13-14H2,1H3,(H,28,29). The van der Waals surface area contributed by atoms with Gasteiger partial charge in [-0.1, -0.05) is 46.9 Å². The average molecular weight is 480 g/mol. The minimum Gasteiger partial charge on any atom is -0.490 e. The second-order valence-corrected chi connectivity index (χ2v) is 7.79. The van der Waals surface area contributed by atoms with Gasteiger partial charge in [-0.3, -0.25) is 4.79 Å². The summed E-state index contributed by atoms with van der Waals surface area (Å²) in [4.78, 5) is 12.2. The van der Waals surface area contributed by atoms with Crippen molar-refractivity contribution < 1.29 is 14.3 Å². The van der Waals surface area contributed by atoms with Crippen molar-refractivity contribution in [3.63, 3.8) is 0 Å². The number of benzene rings is 3. The molecule has 31 heavy (non-hydrogen) atoms. The lowest BCUT2D eigenvalue weighted by Crippen LogP contribution is -2.20. The number of ether oxygens (including phenoxy) is 2. The Morgan fingerprint density at radius 3 is 2.45 bits per heavy atom. The van der Waals surface area contributed by atoms with Gasteiger partial charge in [-0.05, 0) is 61.0 Å². The molecule has 3 rings (SSSR count). The van der Waals surface area contributed by atoms with Crippen molar-refractivity contribution in [3.05, 3.63) is 81.3 Å². The highest BCUT2D eigenvalue weighted by Gasteiger charge is 2.10. The molecular formula is C23H21Cl3N2O3. The van der Waals surface area contributed by atoms with E-state index in [2.05, 4.69) is 10.6 Å². The van der Waals surface area contributed by atoms with Crippen molar-refractivity contribution in [2.45, 2.75) is 13.5 Å². The monoisotopic (exact) mass is 478 g/mol. The largest absolute Gasteiger partial charge is 0.490 e. The molecule has 0 fully saturated rings. The summed E-state index contributed by atoms with van der Waals surface area (Å²) < 4.78 is 11.4. The van der Waals surface area contributed by atoms with Crippen LogP contribution in [0.3, 0.4) is 0 Å². The number of carbonyl (C=O) groups is 1. The van der Waals surface area contributed by atoms with E-state index < -0.39 is 0 Å². The number of carbonyl (C=O) groups excluding carboxylic acids is 1. The minimum absolute atomic E-state index is 0.180. The lowest BCUT2D eigenvalue weighted by Gasteiger charge is -2.14. The molecule has 0 unspecified atom stereocenters. The molecule has 0 aliphatic rings. The molecular weight excluding hydrogens is 459 g/mol. The lowest BCUT2D eigenvalue weighted by atomic mass is 10.2. The summed E-state index contributed by atoms with van der Waals surface area (Å²) in [6.45, 7) is 2.76. The van der Waals surface area contributed by atoms with Gasteiger partial charge < -0.3 is 20.1 Å². The zero-order valence-electron chi connectivity index (χ0n) is 16.8. The van der Waals surface area contributed by atoms with Crippen molar-refractivity contribution in [3.8, 4) is 11.5 Å². The van der Waals surface area contributed by atoms with Gasteiger partial charge in [-0.2, -0.15) is 0 Å². The van der Waals surface area contributed by atoms with Gasteiger partial charge in [-0.15, -0.1) is 0 Å². The van der Waals surface area contributed by atoms with Gasteiger partial charge in [0, 0.05) is 22.9 Å². The fraction of sp³-hybridized carbons (Fsp3) is 0.174. The molecule has 0 aliphatic carbocycles. The van der Waals surface area contributed by atoms with E-state index in [0.717, 1.165) is 11.3 Å². The van der Waals surface area contributed by atoms with Crippen LogP contribution >= 0.6 is 34.8 Å². The number of hydrogen-bond donors (Lipinski definition) is 2. The molecule has 0 radical (unpaired) electrons. The predicted molar refractivity (Wildman–Crippen MR) is 127 cm³/mol. The number of anilines is 2. The number of amides is 1. The Balaban J connectivity index is 1.60. The first-order valence-corrected chi connectivity index (χ1v) is 10.7. The molecule has 3 aromatic rings. The highest BCUT2D eigenvalue weighted by atomic mass is 35.5. The first kappa shape index (κ1) is 23.1. The lowest BCUT2D eigenvalue weighted by molar-refractivity contribution is -0.118. The third-order valence-electron chi connectivity index (χ3n) is 4.19. The van der Waals surface area contributed by atoms with E-state index in [1.54, 1.807) is 24.3 Å². The molecule has 0 saturated carbocycles. The maximum atomic E-state index is 12.2. The van der Waals surface area contributed by atoms with Gasteiger partial charge in [-0.25, -0.2) is 0 Å². The molecule has 0 heterocycles. The molecule has 0 spiro atoms. The van der Waals surface area contributed by atoms with Crippen molar-refractivity contribution in [2.75, 3.05) is 23.8 Å². The van der Waals surface area contributed by atoms with Crippen molar-refractivity contribution >= 4 is 52.1 Å². The number of nitrogens with one attached hydrogen (secondary N) is 2. The smallest absolute Gasteiger partial charge is 0.262 e. The van der Waals surface area contributed by atoms with Crippen LogP contribution in [-0.2, 0) is 11.3 Å². The number of hydrogen-bond acceptors (Lipinski definition) is 4. The second-order valence-electron chi connectivity index (χ2n) is 6.54. The summed E-state index contributed by atoms with van der Waals surface area (Å²) in [6, 6.07) is 17.9. The molecule has 162 valence electrons. The fourth-order valence-electron chi connectivity index (χ4n) is 2.77. The van der Waals surface area contributed by atoms with E-state index in [-0.39, 0.29) is 12.5 Å². The molecule has 3 aromatic carbocycles. The molecule has 8 heteroatoms. The summed E-state index contributed by atoms with van der Waals surface area (Å²) in [5.41, 5.74) is 2.45. The maximum absolute atomic E-state index is 12.2. The molecule has 0 saturated heterocycles. The number of rotatable bonds is 9. The maximum Gasteiger partial charge on any atom is 0.262 e. The quantitative estimate of drug-likeness (QED) is 0.359. The van der Waals surface area contributed by atoms with Crippen LogP contribution in [-0.4, -0.2) is 19.1 Å². The Morgan fingerprint density at radius 1 is 0.871 bits per heavy atom. The van der Waals surface area contributed by atoms with Crippen LogP contribution in [0.4, 0.5) is 11.4 Å². The van der Waals surface area contributed by atoms with Crippen molar-refractivity contribution in [2.24, 2.45) is 0 Å². The molecule has 5 nitrogen and oxygen atoms in total. The normalized spacial score (nSPS) is 10.5. The SMILES string of the molecule is CCOc1cc(CNc2cccc(Cl)c2)ccc1OCC(=O)Nc1ccc(Cl)c(Cl)c1. The first-order valence-electron chi connectivity index (χ1n) is 9.57. The Hall–Kier alpha value is -2.60. The molecule has 2 N–H and O–H groups in total. The van der Waals surface area contributed by atoms with Crippen LogP contribution < -0.4 is 20.1 Å². The van der Waals surface area contributed by atoms with Crippen LogP contribution in [0.15, 0.2) is 60.7 Å². The summed E-state index contributed by atoms with van der Waals surface area (Å²) in [5, 5.41) is 7.48. The zero-order valence-corrected chi connectivity index (χ0v) is 19.0. The highest BCUT2D eigenvalue weighted by molar-refractivity contribution is 6.42. The molecule has 0 bridgehead atoms. The predicted octanol–water partition coefficient (Wildman–Crippen LogP) is 6.68. The summed E-state index contributed by atoms with van der Waals surface area (Å²) in [6.07, 6.45) is 0. The third kappa shape index (κ3) is 6.96. The Morgan fingerprint density at radius 2 is 1.71 bits per heavy atom. The summed E-state index contributed by atoms with van der Waals surface area (Å²) >= 11 is 17.9. The van der Waals surface area contributed by atoms with Gasteiger partial charge >= 0.3 is 0 Å². The molecule has 0 aromatic heterocycles. The van der Waals surface area contributed by atoms with E-state index in [9.17, 15) is 4.79 Å². The van der Waals surface area contributed by atoms with E-state index in [1.165, 1.54) is 0 Å². The van der Waals surface area contributed by atoms with Crippen molar-refractivity contribution in [1.82, 2.24) is 0 Å². The van der Waals surface area contributed by atoms with Gasteiger partial charge in [0.1, 0.15) is 0 Å². The minimum atomic E-state index is -0.326. The fourth-order valence-corrected chi connectivity index (χ4v) is 3.26. The Labute approximate surface area is 196 Å². The van der Waals surface area contributed by atoms with Crippen LogP contribution in [0.5, 0.6) is 11.5 Å². The van der Waals surface area contributed by atoms with Gasteiger partial charge in [0.25, 0.3) is 5.91 Å². The van der Waals surface area contributed by atoms with Crippen LogP contribution in [0.2, 0.25) is 15.1 Å². The average Bonchev–Trinajstić information content (AvgIpc) is 2.74. The van der Waals surface area contributed by atoms with E-state index in [4.69, 9.17) is 44.3 Å².